The summed E-state index contributed by atoms with van der Waals surface area (Å²) in [7, 11) is 0. The van der Waals surface area contributed by atoms with Crippen LogP contribution >= 0.6 is 15.9 Å². The molecule has 0 spiro atoms. The second-order valence-corrected chi connectivity index (χ2v) is 5.19. The number of halogens is 1. The lowest BCUT2D eigenvalue weighted by atomic mass is 10.0. The van der Waals surface area contributed by atoms with E-state index in [4.69, 9.17) is 0 Å². The summed E-state index contributed by atoms with van der Waals surface area (Å²) in [6.45, 7) is 4.51. The Kier molecular flexibility index (Phi) is 5.16. The molecule has 0 N–H and O–H groups in total. The first kappa shape index (κ1) is 11.7. The molecule has 2 heteroatoms. The number of hydrogen-bond donors (Lipinski definition) is 0. The van der Waals surface area contributed by atoms with Gasteiger partial charge in [-0.1, -0.05) is 35.8 Å². The van der Waals surface area contributed by atoms with Crippen molar-refractivity contribution in [2.75, 3.05) is 0 Å². The Labute approximate surface area is 95.1 Å². The number of alkyl halides is 1. The SMILES string of the molecule is CC(C)C(Br)CCCc1cccnc1. The van der Waals surface area contributed by atoms with Crippen LogP contribution < -0.4 is 0 Å². The summed E-state index contributed by atoms with van der Waals surface area (Å²) in [6, 6.07) is 4.15. The number of nitrogens with zero attached hydrogens (tertiary/aromatic N) is 1. The third-order valence-corrected chi connectivity index (χ3v) is 3.91. The van der Waals surface area contributed by atoms with Crippen molar-refractivity contribution in [3.05, 3.63) is 30.1 Å². The second kappa shape index (κ2) is 6.18. The van der Waals surface area contributed by atoms with E-state index in [2.05, 4.69) is 40.8 Å². The largest absolute Gasteiger partial charge is 0.264 e. The molecule has 0 aromatic carbocycles. The predicted molar refractivity (Wildman–Crippen MR) is 64.7 cm³/mol. The Morgan fingerprint density at radius 2 is 2.21 bits per heavy atom. The molecule has 0 aliphatic carbocycles. The van der Waals surface area contributed by atoms with Crippen molar-refractivity contribution < 1.29 is 0 Å². The van der Waals surface area contributed by atoms with Crippen LogP contribution in [0.15, 0.2) is 24.5 Å². The van der Waals surface area contributed by atoms with Crippen LogP contribution in [0.25, 0.3) is 0 Å². The minimum absolute atomic E-state index is 0.652. The lowest BCUT2D eigenvalue weighted by molar-refractivity contribution is 0.562. The highest BCUT2D eigenvalue weighted by atomic mass is 79.9. The van der Waals surface area contributed by atoms with Crippen LogP contribution in [0, 0.1) is 5.92 Å². The molecular weight excluding hydrogens is 238 g/mol. The van der Waals surface area contributed by atoms with Crippen LogP contribution in [0.5, 0.6) is 0 Å². The Balaban J connectivity index is 2.22. The molecule has 0 aliphatic rings. The molecule has 1 aromatic heterocycles. The molecule has 0 amide bonds. The lowest BCUT2D eigenvalue weighted by Crippen LogP contribution is -2.07. The molecule has 0 saturated heterocycles. The molecule has 1 rings (SSSR count). The molecule has 78 valence electrons. The molecule has 14 heavy (non-hydrogen) atoms. The zero-order chi connectivity index (χ0) is 10.4. The van der Waals surface area contributed by atoms with Gasteiger partial charge in [-0.05, 0) is 36.8 Å². The molecule has 1 atom stereocenters. The maximum atomic E-state index is 4.11. The molecule has 0 aliphatic heterocycles. The first-order valence-corrected chi connectivity index (χ1v) is 6.14. The molecule has 1 unspecified atom stereocenters. The summed E-state index contributed by atoms with van der Waals surface area (Å²) in [4.78, 5) is 4.76. The standard InChI is InChI=1S/C12H18BrN/c1-10(2)12(13)7-3-5-11-6-4-8-14-9-11/h4,6,8-10,12H,3,5,7H2,1-2H3. The summed E-state index contributed by atoms with van der Waals surface area (Å²) >= 11 is 3.70. The minimum Gasteiger partial charge on any atom is -0.264 e. The van der Waals surface area contributed by atoms with E-state index in [0.29, 0.717) is 4.83 Å². The minimum atomic E-state index is 0.652. The van der Waals surface area contributed by atoms with Crippen molar-refractivity contribution in [3.63, 3.8) is 0 Å². The van der Waals surface area contributed by atoms with E-state index in [-0.39, 0.29) is 0 Å². The van der Waals surface area contributed by atoms with Crippen molar-refractivity contribution in [2.24, 2.45) is 5.92 Å². The van der Waals surface area contributed by atoms with E-state index in [9.17, 15) is 0 Å². The van der Waals surface area contributed by atoms with E-state index >= 15 is 0 Å². The van der Waals surface area contributed by atoms with Gasteiger partial charge in [-0.2, -0.15) is 0 Å². The van der Waals surface area contributed by atoms with Crippen LogP contribution in [0.4, 0.5) is 0 Å². The second-order valence-electron chi connectivity index (χ2n) is 4.01. The van der Waals surface area contributed by atoms with Crippen molar-refractivity contribution >= 4 is 15.9 Å². The van der Waals surface area contributed by atoms with Crippen LogP contribution in [0.2, 0.25) is 0 Å². The van der Waals surface area contributed by atoms with Crippen molar-refractivity contribution in [1.29, 1.82) is 0 Å². The van der Waals surface area contributed by atoms with Crippen LogP contribution in [0.3, 0.4) is 0 Å². The Bertz CT molecular complexity index is 246. The molecule has 0 bridgehead atoms. The third kappa shape index (κ3) is 4.23. The number of hydrogen-bond acceptors (Lipinski definition) is 1. The average molecular weight is 256 g/mol. The summed E-state index contributed by atoms with van der Waals surface area (Å²) < 4.78 is 0. The van der Waals surface area contributed by atoms with Gasteiger partial charge in [0.05, 0.1) is 0 Å². The van der Waals surface area contributed by atoms with E-state index in [1.165, 1.54) is 18.4 Å². The Morgan fingerprint density at radius 1 is 1.43 bits per heavy atom. The first-order chi connectivity index (χ1) is 6.70. The normalized spacial score (nSPS) is 13.1. The quantitative estimate of drug-likeness (QED) is 0.730. The number of pyridine rings is 1. The predicted octanol–water partition coefficient (Wildman–Crippen LogP) is 3.82. The highest BCUT2D eigenvalue weighted by Gasteiger charge is 2.07. The van der Waals surface area contributed by atoms with Crippen LogP contribution in [-0.2, 0) is 6.42 Å². The van der Waals surface area contributed by atoms with E-state index < -0.39 is 0 Å². The van der Waals surface area contributed by atoms with Gasteiger partial charge in [-0.25, -0.2) is 0 Å². The van der Waals surface area contributed by atoms with Crippen LogP contribution in [0.1, 0.15) is 32.3 Å². The number of rotatable bonds is 5. The monoisotopic (exact) mass is 255 g/mol. The Hall–Kier alpha value is -0.370. The zero-order valence-corrected chi connectivity index (χ0v) is 10.5. The first-order valence-electron chi connectivity index (χ1n) is 5.23. The highest BCUT2D eigenvalue weighted by Crippen LogP contribution is 2.18. The summed E-state index contributed by atoms with van der Waals surface area (Å²) in [5.74, 6) is 0.726. The molecule has 1 aromatic rings. The fraction of sp³-hybridized carbons (Fsp3) is 0.583. The van der Waals surface area contributed by atoms with E-state index in [1.54, 1.807) is 0 Å². The molecule has 1 nitrogen and oxygen atoms in total. The maximum Gasteiger partial charge on any atom is 0.0299 e. The maximum absolute atomic E-state index is 4.11. The zero-order valence-electron chi connectivity index (χ0n) is 8.91. The van der Waals surface area contributed by atoms with Crippen LogP contribution in [-0.4, -0.2) is 9.81 Å². The van der Waals surface area contributed by atoms with E-state index in [1.807, 2.05) is 18.5 Å². The third-order valence-electron chi connectivity index (χ3n) is 2.39. The van der Waals surface area contributed by atoms with Gasteiger partial charge in [0.15, 0.2) is 0 Å². The van der Waals surface area contributed by atoms with Gasteiger partial charge >= 0.3 is 0 Å². The van der Waals surface area contributed by atoms with Gasteiger partial charge in [-0.3, -0.25) is 4.98 Å². The summed E-state index contributed by atoms with van der Waals surface area (Å²) in [6.07, 6.45) is 7.40. The van der Waals surface area contributed by atoms with Gasteiger partial charge in [0.2, 0.25) is 0 Å². The van der Waals surface area contributed by atoms with Gasteiger partial charge in [-0.15, -0.1) is 0 Å². The molecule has 1 heterocycles. The van der Waals surface area contributed by atoms with Crippen molar-refractivity contribution in [3.8, 4) is 0 Å². The molecule has 0 saturated carbocycles. The van der Waals surface area contributed by atoms with Crippen molar-refractivity contribution in [2.45, 2.75) is 37.9 Å². The molecule has 0 radical (unpaired) electrons. The molecule has 0 fully saturated rings. The fourth-order valence-corrected chi connectivity index (χ4v) is 1.70. The van der Waals surface area contributed by atoms with Gasteiger partial charge in [0.25, 0.3) is 0 Å². The van der Waals surface area contributed by atoms with Gasteiger partial charge in [0.1, 0.15) is 0 Å². The lowest BCUT2D eigenvalue weighted by Gasteiger charge is -2.12. The summed E-state index contributed by atoms with van der Waals surface area (Å²) in [5.41, 5.74) is 1.34. The van der Waals surface area contributed by atoms with Gasteiger partial charge < -0.3 is 0 Å². The highest BCUT2D eigenvalue weighted by molar-refractivity contribution is 9.09. The topological polar surface area (TPSA) is 12.9 Å². The Morgan fingerprint density at radius 3 is 2.79 bits per heavy atom. The van der Waals surface area contributed by atoms with Crippen molar-refractivity contribution in [1.82, 2.24) is 4.98 Å². The molecular formula is C12H18BrN. The van der Waals surface area contributed by atoms with E-state index in [0.717, 1.165) is 12.3 Å². The van der Waals surface area contributed by atoms with Gasteiger partial charge in [0, 0.05) is 17.2 Å². The smallest absolute Gasteiger partial charge is 0.0299 e. The number of aromatic nitrogens is 1. The average Bonchev–Trinajstić information content (AvgIpc) is 2.19. The summed E-state index contributed by atoms with van der Waals surface area (Å²) in [5, 5.41) is 0. The number of aryl methyl sites for hydroxylation is 1. The fourth-order valence-electron chi connectivity index (χ4n) is 1.38.